The van der Waals surface area contributed by atoms with E-state index in [2.05, 4.69) is 25.9 Å². The van der Waals surface area contributed by atoms with E-state index < -0.39 is 0 Å². The van der Waals surface area contributed by atoms with Gasteiger partial charge in [0.05, 0.1) is 13.1 Å². The second kappa shape index (κ2) is 4.01. The zero-order valence-corrected chi connectivity index (χ0v) is 7.82. The van der Waals surface area contributed by atoms with Gasteiger partial charge in [0.2, 0.25) is 0 Å². The molecule has 0 unspecified atom stereocenters. The van der Waals surface area contributed by atoms with Crippen LogP contribution in [0.25, 0.3) is 0 Å². The molecule has 2 rings (SSSR count). The average molecular weight is 193 g/mol. The summed E-state index contributed by atoms with van der Waals surface area (Å²) < 4.78 is 5.38. The molecule has 6 heteroatoms. The fourth-order valence-electron chi connectivity index (χ4n) is 1.14. The van der Waals surface area contributed by atoms with Crippen molar-refractivity contribution >= 4 is 0 Å². The Morgan fingerprint density at radius 2 is 2.36 bits per heavy atom. The minimum absolute atomic E-state index is 0.580. The molecule has 2 N–H and O–H groups in total. The van der Waals surface area contributed by atoms with Crippen molar-refractivity contribution < 1.29 is 4.42 Å². The molecule has 74 valence electrons. The Morgan fingerprint density at radius 1 is 1.43 bits per heavy atom. The number of furan rings is 1. The average Bonchev–Trinajstić information content (AvgIpc) is 2.77. The Labute approximate surface area is 80.7 Å². The van der Waals surface area contributed by atoms with E-state index in [-0.39, 0.29) is 0 Å². The topological polar surface area (TPSA) is 79.6 Å². The molecule has 0 radical (unpaired) electrons. The van der Waals surface area contributed by atoms with Crippen molar-refractivity contribution in [3.8, 4) is 0 Å². The van der Waals surface area contributed by atoms with Crippen molar-refractivity contribution in [1.29, 1.82) is 0 Å². The van der Waals surface area contributed by atoms with Crippen molar-refractivity contribution in [1.82, 2.24) is 25.9 Å². The molecule has 0 bridgehead atoms. The summed E-state index contributed by atoms with van der Waals surface area (Å²) in [6.45, 7) is 3.17. The first-order valence-electron chi connectivity index (χ1n) is 4.33. The zero-order chi connectivity index (χ0) is 9.80. The van der Waals surface area contributed by atoms with Crippen LogP contribution in [0.5, 0.6) is 0 Å². The van der Waals surface area contributed by atoms with E-state index in [0.29, 0.717) is 18.9 Å². The highest BCUT2D eigenvalue weighted by Gasteiger charge is 2.00. The van der Waals surface area contributed by atoms with Gasteiger partial charge in [-0.05, 0) is 19.1 Å². The predicted octanol–water partition coefficient (Wildman–Crippen LogP) is 0.391. The molecule has 0 aromatic carbocycles. The van der Waals surface area contributed by atoms with Crippen molar-refractivity contribution in [3.05, 3.63) is 29.5 Å². The third kappa shape index (κ3) is 2.17. The fraction of sp³-hybridized carbons (Fsp3) is 0.375. The number of aromatic nitrogens is 4. The number of nitrogens with zero attached hydrogens (tertiary/aromatic N) is 3. The molecule has 0 saturated heterocycles. The van der Waals surface area contributed by atoms with E-state index in [1.807, 2.05) is 19.1 Å². The molecule has 0 amide bonds. The number of aryl methyl sites for hydroxylation is 1. The minimum Gasteiger partial charge on any atom is -0.465 e. The maximum Gasteiger partial charge on any atom is 0.188 e. The van der Waals surface area contributed by atoms with Gasteiger partial charge in [0, 0.05) is 0 Å². The number of nitrogens with one attached hydrogen (secondary N) is 2. The van der Waals surface area contributed by atoms with Crippen LogP contribution in [0.15, 0.2) is 16.5 Å². The maximum absolute atomic E-state index is 5.38. The first-order chi connectivity index (χ1) is 6.84. The molecule has 6 nitrogen and oxygen atoms in total. The Bertz CT molecular complexity index is 380. The van der Waals surface area contributed by atoms with Crippen molar-refractivity contribution in [2.24, 2.45) is 0 Å². The summed E-state index contributed by atoms with van der Waals surface area (Å²) in [6, 6.07) is 3.88. The maximum atomic E-state index is 5.38. The van der Waals surface area contributed by atoms with Crippen LogP contribution in [0.1, 0.15) is 17.3 Å². The number of aromatic amines is 1. The summed E-state index contributed by atoms with van der Waals surface area (Å²) in [5, 5.41) is 16.6. The Balaban J connectivity index is 1.78. The van der Waals surface area contributed by atoms with Gasteiger partial charge in [-0.2, -0.15) is 5.21 Å². The molecular formula is C8H11N5O. The summed E-state index contributed by atoms with van der Waals surface area (Å²) in [7, 11) is 0. The van der Waals surface area contributed by atoms with Gasteiger partial charge < -0.3 is 9.73 Å². The van der Waals surface area contributed by atoms with E-state index in [1.165, 1.54) is 0 Å². The van der Waals surface area contributed by atoms with Gasteiger partial charge in [-0.3, -0.25) is 0 Å². The highest BCUT2D eigenvalue weighted by molar-refractivity contribution is 5.05. The summed E-state index contributed by atoms with van der Waals surface area (Å²) in [4.78, 5) is 0. The van der Waals surface area contributed by atoms with Crippen LogP contribution in [0.3, 0.4) is 0 Å². The summed E-state index contributed by atoms with van der Waals surface area (Å²) >= 11 is 0. The van der Waals surface area contributed by atoms with Crippen molar-refractivity contribution in [2.45, 2.75) is 20.0 Å². The minimum atomic E-state index is 0.580. The first-order valence-corrected chi connectivity index (χ1v) is 4.33. The molecule has 0 aliphatic heterocycles. The van der Waals surface area contributed by atoms with Gasteiger partial charge in [-0.15, -0.1) is 10.2 Å². The molecule has 0 fully saturated rings. The van der Waals surface area contributed by atoms with Gasteiger partial charge in [0.1, 0.15) is 11.5 Å². The van der Waals surface area contributed by atoms with Crippen LogP contribution >= 0.6 is 0 Å². The Kier molecular flexibility index (Phi) is 2.55. The van der Waals surface area contributed by atoms with Gasteiger partial charge in [-0.1, -0.05) is 5.21 Å². The van der Waals surface area contributed by atoms with E-state index in [4.69, 9.17) is 4.42 Å². The molecule has 0 spiro atoms. The molecule has 0 saturated carbocycles. The largest absolute Gasteiger partial charge is 0.465 e. The van der Waals surface area contributed by atoms with Crippen LogP contribution in [-0.2, 0) is 13.1 Å². The highest BCUT2D eigenvalue weighted by atomic mass is 16.3. The lowest BCUT2D eigenvalue weighted by atomic mass is 10.4. The van der Waals surface area contributed by atoms with Crippen LogP contribution in [0.2, 0.25) is 0 Å². The molecule has 0 atom stereocenters. The Hall–Kier alpha value is -1.69. The van der Waals surface area contributed by atoms with Gasteiger partial charge in [0.25, 0.3) is 0 Å². The monoisotopic (exact) mass is 193 g/mol. The number of hydrogen-bond donors (Lipinski definition) is 2. The lowest BCUT2D eigenvalue weighted by molar-refractivity contribution is 0.460. The van der Waals surface area contributed by atoms with Gasteiger partial charge >= 0.3 is 0 Å². The summed E-state index contributed by atoms with van der Waals surface area (Å²) in [5.74, 6) is 2.47. The molecule has 2 heterocycles. The molecular weight excluding hydrogens is 182 g/mol. The smallest absolute Gasteiger partial charge is 0.188 e. The predicted molar refractivity (Wildman–Crippen MR) is 48.2 cm³/mol. The summed E-state index contributed by atoms with van der Waals surface area (Å²) in [5.41, 5.74) is 0. The molecule has 2 aromatic rings. The number of H-pyrrole nitrogens is 1. The van der Waals surface area contributed by atoms with Crippen molar-refractivity contribution in [3.63, 3.8) is 0 Å². The lowest BCUT2D eigenvalue weighted by Crippen LogP contribution is -2.13. The highest BCUT2D eigenvalue weighted by Crippen LogP contribution is 2.05. The number of rotatable bonds is 4. The van der Waals surface area contributed by atoms with E-state index in [9.17, 15) is 0 Å². The summed E-state index contributed by atoms with van der Waals surface area (Å²) in [6.07, 6.45) is 0. The number of hydrogen-bond acceptors (Lipinski definition) is 5. The van der Waals surface area contributed by atoms with Crippen LogP contribution in [0.4, 0.5) is 0 Å². The standard InChI is InChI=1S/C8H11N5O/c1-6-2-3-7(14-6)4-9-5-8-10-12-13-11-8/h2-3,9H,4-5H2,1H3,(H,10,11,12,13). The zero-order valence-electron chi connectivity index (χ0n) is 7.82. The van der Waals surface area contributed by atoms with E-state index in [0.717, 1.165) is 11.5 Å². The normalized spacial score (nSPS) is 10.6. The Morgan fingerprint density at radius 3 is 3.00 bits per heavy atom. The van der Waals surface area contributed by atoms with Gasteiger partial charge in [0.15, 0.2) is 5.82 Å². The SMILES string of the molecule is Cc1ccc(CNCc2nn[nH]n2)o1. The second-order valence-electron chi connectivity index (χ2n) is 2.94. The van der Waals surface area contributed by atoms with Crippen LogP contribution < -0.4 is 5.32 Å². The van der Waals surface area contributed by atoms with Crippen LogP contribution in [0, 0.1) is 6.92 Å². The van der Waals surface area contributed by atoms with Crippen molar-refractivity contribution in [2.75, 3.05) is 0 Å². The molecule has 0 aliphatic rings. The fourth-order valence-corrected chi connectivity index (χ4v) is 1.14. The third-order valence-electron chi connectivity index (χ3n) is 1.77. The third-order valence-corrected chi connectivity index (χ3v) is 1.77. The lowest BCUT2D eigenvalue weighted by Gasteiger charge is -1.97. The van der Waals surface area contributed by atoms with Crippen LogP contribution in [-0.4, -0.2) is 20.6 Å². The van der Waals surface area contributed by atoms with Gasteiger partial charge in [-0.25, -0.2) is 0 Å². The quantitative estimate of drug-likeness (QED) is 0.734. The molecule has 14 heavy (non-hydrogen) atoms. The van der Waals surface area contributed by atoms with E-state index >= 15 is 0 Å². The second-order valence-corrected chi connectivity index (χ2v) is 2.94. The molecule has 0 aliphatic carbocycles. The molecule has 2 aromatic heterocycles. The van der Waals surface area contributed by atoms with E-state index in [1.54, 1.807) is 0 Å². The first kappa shape index (κ1) is 8.89. The number of tetrazole rings is 1.